The summed E-state index contributed by atoms with van der Waals surface area (Å²) in [5.74, 6) is 1.08. The van der Waals surface area contributed by atoms with Crippen LogP contribution in [0.4, 0.5) is 0 Å². The van der Waals surface area contributed by atoms with E-state index in [-0.39, 0.29) is 6.61 Å². The summed E-state index contributed by atoms with van der Waals surface area (Å²) in [5, 5.41) is 8.91. The second kappa shape index (κ2) is 5.17. The number of aliphatic hydroxyl groups is 1. The number of likely N-dealkylation sites (tertiary alicyclic amines) is 2. The van der Waals surface area contributed by atoms with Crippen molar-refractivity contribution < 1.29 is 9.90 Å². The van der Waals surface area contributed by atoms with Crippen LogP contribution < -0.4 is 0 Å². The summed E-state index contributed by atoms with van der Waals surface area (Å²) in [6, 6.07) is 1.10. The molecule has 3 rings (SSSR count). The third kappa shape index (κ3) is 2.41. The van der Waals surface area contributed by atoms with Gasteiger partial charge in [-0.25, -0.2) is 0 Å². The van der Waals surface area contributed by atoms with E-state index < -0.39 is 0 Å². The van der Waals surface area contributed by atoms with Gasteiger partial charge in [0.05, 0.1) is 0 Å². The van der Waals surface area contributed by atoms with E-state index in [1.54, 1.807) is 0 Å². The normalized spacial score (nSPS) is 33.6. The molecule has 2 saturated heterocycles. The van der Waals surface area contributed by atoms with E-state index in [0.717, 1.165) is 45.3 Å². The van der Waals surface area contributed by atoms with Crippen LogP contribution in [-0.2, 0) is 4.79 Å². The lowest BCUT2D eigenvalue weighted by Crippen LogP contribution is -2.56. The monoisotopic (exact) mass is 252 g/mol. The topological polar surface area (TPSA) is 43.8 Å². The van der Waals surface area contributed by atoms with Crippen molar-refractivity contribution in [3.63, 3.8) is 0 Å². The summed E-state index contributed by atoms with van der Waals surface area (Å²) in [4.78, 5) is 16.8. The largest absolute Gasteiger partial charge is 0.396 e. The summed E-state index contributed by atoms with van der Waals surface area (Å²) >= 11 is 0. The summed E-state index contributed by atoms with van der Waals surface area (Å²) in [7, 11) is 0. The third-order valence-corrected chi connectivity index (χ3v) is 4.72. The molecule has 0 aromatic carbocycles. The predicted octanol–water partition coefficient (Wildman–Crippen LogP) is 0.844. The van der Waals surface area contributed by atoms with Gasteiger partial charge in [-0.3, -0.25) is 4.79 Å². The lowest BCUT2D eigenvalue weighted by molar-refractivity contribution is -0.142. The molecule has 2 heterocycles. The van der Waals surface area contributed by atoms with Gasteiger partial charge in [0.1, 0.15) is 0 Å². The van der Waals surface area contributed by atoms with Gasteiger partial charge < -0.3 is 14.9 Å². The first kappa shape index (κ1) is 12.4. The Kier molecular flexibility index (Phi) is 3.57. The number of fused-ring (bicyclic) bond motifs is 1. The fourth-order valence-corrected chi connectivity index (χ4v) is 3.69. The van der Waals surface area contributed by atoms with Gasteiger partial charge in [-0.15, -0.1) is 0 Å². The van der Waals surface area contributed by atoms with Gasteiger partial charge in [0, 0.05) is 44.7 Å². The minimum Gasteiger partial charge on any atom is -0.396 e. The van der Waals surface area contributed by atoms with Gasteiger partial charge in [-0.2, -0.15) is 0 Å². The van der Waals surface area contributed by atoms with Gasteiger partial charge in [0.15, 0.2) is 0 Å². The summed E-state index contributed by atoms with van der Waals surface area (Å²) in [5.41, 5.74) is 0. The van der Waals surface area contributed by atoms with E-state index in [2.05, 4.69) is 9.80 Å². The molecule has 1 amide bonds. The van der Waals surface area contributed by atoms with Crippen LogP contribution in [0.1, 0.15) is 38.5 Å². The molecule has 4 nitrogen and oxygen atoms in total. The molecule has 18 heavy (non-hydrogen) atoms. The van der Waals surface area contributed by atoms with Crippen molar-refractivity contribution >= 4 is 5.91 Å². The number of rotatable bonds is 4. The molecule has 2 atom stereocenters. The van der Waals surface area contributed by atoms with Crippen LogP contribution in [0, 0.1) is 5.92 Å². The quantitative estimate of drug-likeness (QED) is 0.806. The SMILES string of the molecule is O=C1CCC2CN(CCCO)CCC2N1C1CC1. The number of amides is 1. The minimum atomic E-state index is 0.289. The molecule has 4 heteroatoms. The van der Waals surface area contributed by atoms with Crippen LogP contribution in [0.5, 0.6) is 0 Å². The van der Waals surface area contributed by atoms with Gasteiger partial charge >= 0.3 is 0 Å². The second-order valence-corrected chi connectivity index (χ2v) is 6.06. The van der Waals surface area contributed by atoms with Crippen molar-refractivity contribution in [2.75, 3.05) is 26.2 Å². The van der Waals surface area contributed by atoms with E-state index in [9.17, 15) is 4.79 Å². The highest BCUT2D eigenvalue weighted by molar-refractivity contribution is 5.78. The molecule has 0 radical (unpaired) electrons. The molecule has 2 unspecified atom stereocenters. The third-order valence-electron chi connectivity index (χ3n) is 4.72. The second-order valence-electron chi connectivity index (χ2n) is 6.06. The van der Waals surface area contributed by atoms with Crippen molar-refractivity contribution in [1.29, 1.82) is 0 Å². The minimum absolute atomic E-state index is 0.289. The molecule has 0 aromatic rings. The standard InChI is InChI=1S/C14H24N2O2/c17-9-1-7-15-8-6-13-11(10-15)2-5-14(18)16(13)12-3-4-12/h11-13,17H,1-10H2. The van der Waals surface area contributed by atoms with Crippen molar-refractivity contribution in [2.45, 2.75) is 50.6 Å². The molecule has 2 aliphatic heterocycles. The van der Waals surface area contributed by atoms with E-state index in [4.69, 9.17) is 5.11 Å². The molecular weight excluding hydrogens is 228 g/mol. The maximum atomic E-state index is 12.1. The number of hydrogen-bond acceptors (Lipinski definition) is 3. The van der Waals surface area contributed by atoms with Crippen molar-refractivity contribution in [3.8, 4) is 0 Å². The smallest absolute Gasteiger partial charge is 0.223 e. The highest BCUT2D eigenvalue weighted by atomic mass is 16.3. The van der Waals surface area contributed by atoms with Gasteiger partial charge in [0.25, 0.3) is 0 Å². The molecule has 0 spiro atoms. The Morgan fingerprint density at radius 1 is 1.22 bits per heavy atom. The maximum Gasteiger partial charge on any atom is 0.223 e. The molecular formula is C14H24N2O2. The fraction of sp³-hybridized carbons (Fsp3) is 0.929. The Morgan fingerprint density at radius 3 is 2.78 bits per heavy atom. The number of hydrogen-bond donors (Lipinski definition) is 1. The highest BCUT2D eigenvalue weighted by Gasteiger charge is 2.44. The fourth-order valence-electron chi connectivity index (χ4n) is 3.69. The van der Waals surface area contributed by atoms with Crippen LogP contribution in [0.3, 0.4) is 0 Å². The number of carbonyl (C=O) groups excluding carboxylic acids is 1. The first-order valence-electron chi connectivity index (χ1n) is 7.44. The average molecular weight is 252 g/mol. The van der Waals surface area contributed by atoms with E-state index >= 15 is 0 Å². The Balaban J connectivity index is 1.61. The van der Waals surface area contributed by atoms with Crippen LogP contribution in [0.2, 0.25) is 0 Å². The van der Waals surface area contributed by atoms with Crippen LogP contribution in [-0.4, -0.2) is 59.1 Å². The summed E-state index contributed by atoms with van der Waals surface area (Å²) < 4.78 is 0. The summed E-state index contributed by atoms with van der Waals surface area (Å²) in [6.45, 7) is 3.52. The zero-order valence-electron chi connectivity index (χ0n) is 11.1. The zero-order chi connectivity index (χ0) is 12.5. The van der Waals surface area contributed by atoms with Crippen molar-refractivity contribution in [3.05, 3.63) is 0 Å². The molecule has 3 fully saturated rings. The Hall–Kier alpha value is -0.610. The number of piperidine rings is 2. The van der Waals surface area contributed by atoms with Crippen LogP contribution >= 0.6 is 0 Å². The highest BCUT2D eigenvalue weighted by Crippen LogP contribution is 2.38. The molecule has 3 aliphatic rings. The van der Waals surface area contributed by atoms with Crippen molar-refractivity contribution in [1.82, 2.24) is 9.80 Å². The van der Waals surface area contributed by atoms with E-state index in [0.29, 0.717) is 23.9 Å². The van der Waals surface area contributed by atoms with Gasteiger partial charge in [-0.1, -0.05) is 0 Å². The number of carbonyl (C=O) groups is 1. The van der Waals surface area contributed by atoms with Crippen LogP contribution in [0.15, 0.2) is 0 Å². The molecule has 1 saturated carbocycles. The molecule has 102 valence electrons. The first-order chi connectivity index (χ1) is 8.79. The predicted molar refractivity (Wildman–Crippen MR) is 69.1 cm³/mol. The number of aliphatic hydroxyl groups excluding tert-OH is 1. The lowest BCUT2D eigenvalue weighted by atomic mass is 9.83. The lowest BCUT2D eigenvalue weighted by Gasteiger charge is -2.47. The Labute approximate surface area is 109 Å². The average Bonchev–Trinajstić information content (AvgIpc) is 3.20. The zero-order valence-corrected chi connectivity index (χ0v) is 11.1. The first-order valence-corrected chi connectivity index (χ1v) is 7.44. The van der Waals surface area contributed by atoms with E-state index in [1.165, 1.54) is 12.8 Å². The van der Waals surface area contributed by atoms with E-state index in [1.807, 2.05) is 0 Å². The molecule has 1 N–H and O–H groups in total. The molecule has 0 aromatic heterocycles. The Morgan fingerprint density at radius 2 is 2.06 bits per heavy atom. The summed E-state index contributed by atoms with van der Waals surface area (Å²) in [6.07, 6.45) is 6.29. The van der Waals surface area contributed by atoms with Crippen LogP contribution in [0.25, 0.3) is 0 Å². The van der Waals surface area contributed by atoms with Gasteiger partial charge in [-0.05, 0) is 38.0 Å². The maximum absolute atomic E-state index is 12.1. The Bertz CT molecular complexity index is 317. The van der Waals surface area contributed by atoms with Crippen molar-refractivity contribution in [2.24, 2.45) is 5.92 Å². The molecule has 0 bridgehead atoms. The molecule has 1 aliphatic carbocycles. The number of nitrogens with zero attached hydrogens (tertiary/aromatic N) is 2. The van der Waals surface area contributed by atoms with Gasteiger partial charge in [0.2, 0.25) is 5.91 Å².